The maximum atomic E-state index is 9.11. The first-order valence-electron chi connectivity index (χ1n) is 4.70. The van der Waals surface area contributed by atoms with Crippen LogP contribution < -0.4 is 5.32 Å². The highest BCUT2D eigenvalue weighted by Crippen LogP contribution is 2.20. The number of aliphatic hydroxyl groups excluding tert-OH is 1. The molecule has 0 radical (unpaired) electrons. The molecule has 1 heterocycles. The van der Waals surface area contributed by atoms with Crippen molar-refractivity contribution < 1.29 is 5.11 Å². The van der Waals surface area contributed by atoms with E-state index in [0.717, 1.165) is 10.3 Å². The molecule has 0 bridgehead atoms. The van der Waals surface area contributed by atoms with Gasteiger partial charge in [0.25, 0.3) is 0 Å². The SMILES string of the molecule is CC(C)[C@@H](CO)NCc1csc(Br)c1. The second kappa shape index (κ2) is 5.85. The van der Waals surface area contributed by atoms with E-state index in [0.29, 0.717) is 5.92 Å². The second-order valence-corrected chi connectivity index (χ2v) is 5.96. The first kappa shape index (κ1) is 12.2. The molecule has 0 saturated carbocycles. The van der Waals surface area contributed by atoms with E-state index < -0.39 is 0 Å². The fourth-order valence-corrected chi connectivity index (χ4v) is 2.41. The van der Waals surface area contributed by atoms with E-state index >= 15 is 0 Å². The van der Waals surface area contributed by atoms with Crippen LogP contribution in [-0.4, -0.2) is 17.8 Å². The predicted octanol–water partition coefficient (Wildman–Crippen LogP) is 2.62. The molecular formula is C10H16BrNOS. The molecule has 2 nitrogen and oxygen atoms in total. The summed E-state index contributed by atoms with van der Waals surface area (Å²) in [6.07, 6.45) is 0. The minimum Gasteiger partial charge on any atom is -0.395 e. The normalized spacial score (nSPS) is 13.5. The molecule has 80 valence electrons. The van der Waals surface area contributed by atoms with E-state index in [4.69, 9.17) is 5.11 Å². The molecule has 1 aromatic heterocycles. The van der Waals surface area contributed by atoms with Gasteiger partial charge < -0.3 is 10.4 Å². The zero-order valence-electron chi connectivity index (χ0n) is 8.46. The number of hydrogen-bond acceptors (Lipinski definition) is 3. The van der Waals surface area contributed by atoms with Crippen molar-refractivity contribution in [3.63, 3.8) is 0 Å². The van der Waals surface area contributed by atoms with Gasteiger partial charge in [-0.15, -0.1) is 11.3 Å². The molecule has 1 rings (SSSR count). The van der Waals surface area contributed by atoms with Gasteiger partial charge in [0.05, 0.1) is 10.4 Å². The van der Waals surface area contributed by atoms with Gasteiger partial charge in [0.2, 0.25) is 0 Å². The van der Waals surface area contributed by atoms with Crippen molar-refractivity contribution in [2.45, 2.75) is 26.4 Å². The molecule has 0 aromatic carbocycles. The van der Waals surface area contributed by atoms with Crippen LogP contribution in [0.25, 0.3) is 0 Å². The average molecular weight is 278 g/mol. The lowest BCUT2D eigenvalue weighted by Gasteiger charge is -2.19. The lowest BCUT2D eigenvalue weighted by atomic mass is 10.1. The molecule has 0 spiro atoms. The monoisotopic (exact) mass is 277 g/mol. The van der Waals surface area contributed by atoms with Crippen LogP contribution in [0.1, 0.15) is 19.4 Å². The summed E-state index contributed by atoms with van der Waals surface area (Å²) in [5.74, 6) is 0.460. The highest BCUT2D eigenvalue weighted by atomic mass is 79.9. The molecule has 0 saturated heterocycles. The third kappa shape index (κ3) is 3.69. The zero-order chi connectivity index (χ0) is 10.6. The Balaban J connectivity index is 2.39. The van der Waals surface area contributed by atoms with Crippen molar-refractivity contribution in [3.8, 4) is 0 Å². The number of aliphatic hydroxyl groups is 1. The summed E-state index contributed by atoms with van der Waals surface area (Å²) in [6.45, 7) is 5.24. The fraction of sp³-hybridized carbons (Fsp3) is 0.600. The summed E-state index contributed by atoms with van der Waals surface area (Å²) in [5.41, 5.74) is 1.26. The topological polar surface area (TPSA) is 32.3 Å². The first-order chi connectivity index (χ1) is 6.63. The Morgan fingerprint density at radius 2 is 2.29 bits per heavy atom. The fourth-order valence-electron chi connectivity index (χ4n) is 1.20. The average Bonchev–Trinajstić information content (AvgIpc) is 2.52. The number of rotatable bonds is 5. The predicted molar refractivity (Wildman–Crippen MR) is 64.6 cm³/mol. The molecule has 0 aliphatic rings. The van der Waals surface area contributed by atoms with Gasteiger partial charge in [-0.2, -0.15) is 0 Å². The molecule has 4 heteroatoms. The summed E-state index contributed by atoms with van der Waals surface area (Å²) >= 11 is 5.11. The smallest absolute Gasteiger partial charge is 0.0701 e. The van der Waals surface area contributed by atoms with Crippen LogP contribution in [0.4, 0.5) is 0 Å². The molecule has 1 atom stereocenters. The van der Waals surface area contributed by atoms with Gasteiger partial charge in [-0.05, 0) is 38.9 Å². The van der Waals surface area contributed by atoms with E-state index in [1.807, 2.05) is 0 Å². The molecule has 0 fully saturated rings. The summed E-state index contributed by atoms with van der Waals surface area (Å²) in [7, 11) is 0. The van der Waals surface area contributed by atoms with E-state index in [2.05, 4.69) is 46.5 Å². The number of hydrogen-bond donors (Lipinski definition) is 2. The third-order valence-corrected chi connectivity index (χ3v) is 3.74. The highest BCUT2D eigenvalue weighted by molar-refractivity contribution is 9.11. The molecule has 0 aliphatic carbocycles. The van der Waals surface area contributed by atoms with Crippen LogP contribution in [-0.2, 0) is 6.54 Å². The Kier molecular flexibility index (Phi) is 5.09. The number of thiophene rings is 1. The molecule has 0 aliphatic heterocycles. The summed E-state index contributed by atoms with van der Waals surface area (Å²) < 4.78 is 1.15. The van der Waals surface area contributed by atoms with Gasteiger partial charge in [-0.25, -0.2) is 0 Å². The quantitative estimate of drug-likeness (QED) is 0.867. The minimum absolute atomic E-state index is 0.189. The van der Waals surface area contributed by atoms with Crippen LogP contribution in [0.15, 0.2) is 15.2 Å². The Bertz CT molecular complexity index is 275. The molecule has 0 amide bonds. The Morgan fingerprint density at radius 1 is 1.57 bits per heavy atom. The van der Waals surface area contributed by atoms with Gasteiger partial charge in [-0.3, -0.25) is 0 Å². The second-order valence-electron chi connectivity index (χ2n) is 3.67. The Labute approximate surface area is 97.5 Å². The largest absolute Gasteiger partial charge is 0.395 e. The third-order valence-electron chi connectivity index (χ3n) is 2.19. The molecule has 0 unspecified atom stereocenters. The molecule has 2 N–H and O–H groups in total. The van der Waals surface area contributed by atoms with E-state index in [1.165, 1.54) is 5.56 Å². The van der Waals surface area contributed by atoms with Crippen molar-refractivity contribution >= 4 is 27.3 Å². The molecular weight excluding hydrogens is 262 g/mol. The minimum atomic E-state index is 0.189. The standard InChI is InChI=1S/C10H16BrNOS/c1-7(2)9(5-13)12-4-8-3-10(11)14-6-8/h3,6-7,9,12-13H,4-5H2,1-2H3/t9-/m1/s1. The van der Waals surface area contributed by atoms with E-state index in [9.17, 15) is 0 Å². The van der Waals surface area contributed by atoms with Crippen molar-refractivity contribution in [3.05, 3.63) is 20.8 Å². The van der Waals surface area contributed by atoms with Crippen molar-refractivity contribution in [2.24, 2.45) is 5.92 Å². The van der Waals surface area contributed by atoms with E-state index in [-0.39, 0.29) is 12.6 Å². The highest BCUT2D eigenvalue weighted by Gasteiger charge is 2.11. The summed E-state index contributed by atoms with van der Waals surface area (Å²) in [5, 5.41) is 14.6. The number of halogens is 1. The lowest BCUT2D eigenvalue weighted by molar-refractivity contribution is 0.210. The van der Waals surface area contributed by atoms with Crippen molar-refractivity contribution in [1.82, 2.24) is 5.32 Å². The van der Waals surface area contributed by atoms with Gasteiger partial charge >= 0.3 is 0 Å². The number of nitrogens with one attached hydrogen (secondary N) is 1. The first-order valence-corrected chi connectivity index (χ1v) is 6.38. The Morgan fingerprint density at radius 3 is 2.71 bits per heavy atom. The van der Waals surface area contributed by atoms with Gasteiger partial charge in [0.1, 0.15) is 0 Å². The maximum absolute atomic E-state index is 9.11. The maximum Gasteiger partial charge on any atom is 0.0701 e. The molecule has 1 aromatic rings. The zero-order valence-corrected chi connectivity index (χ0v) is 10.9. The van der Waals surface area contributed by atoms with Crippen molar-refractivity contribution in [1.29, 1.82) is 0 Å². The van der Waals surface area contributed by atoms with Gasteiger partial charge in [-0.1, -0.05) is 13.8 Å². The van der Waals surface area contributed by atoms with E-state index in [1.54, 1.807) is 11.3 Å². The van der Waals surface area contributed by atoms with Crippen LogP contribution in [0, 0.1) is 5.92 Å². The van der Waals surface area contributed by atoms with Crippen LogP contribution in [0.2, 0.25) is 0 Å². The van der Waals surface area contributed by atoms with Crippen LogP contribution in [0.5, 0.6) is 0 Å². The summed E-state index contributed by atoms with van der Waals surface area (Å²) in [4.78, 5) is 0. The molecule has 14 heavy (non-hydrogen) atoms. The van der Waals surface area contributed by atoms with Gasteiger partial charge in [0, 0.05) is 12.6 Å². The Hall–Kier alpha value is 0.100. The lowest BCUT2D eigenvalue weighted by Crippen LogP contribution is -2.36. The van der Waals surface area contributed by atoms with Crippen molar-refractivity contribution in [2.75, 3.05) is 6.61 Å². The van der Waals surface area contributed by atoms with Gasteiger partial charge in [0.15, 0.2) is 0 Å². The van der Waals surface area contributed by atoms with Crippen LogP contribution >= 0.6 is 27.3 Å². The van der Waals surface area contributed by atoms with Crippen LogP contribution in [0.3, 0.4) is 0 Å². The summed E-state index contributed by atoms with van der Waals surface area (Å²) in [6, 6.07) is 2.29.